The van der Waals surface area contributed by atoms with Crippen molar-refractivity contribution in [2.75, 3.05) is 5.32 Å². The van der Waals surface area contributed by atoms with Gasteiger partial charge in [0.1, 0.15) is 5.82 Å². The highest BCUT2D eigenvalue weighted by molar-refractivity contribution is 6.33. The molecule has 2 aromatic heterocycles. The Kier molecular flexibility index (Phi) is 5.32. The number of fused-ring (bicyclic) bond motifs is 1. The molecule has 31 heavy (non-hydrogen) atoms. The minimum absolute atomic E-state index is 0.116. The molecule has 2 N–H and O–H groups in total. The van der Waals surface area contributed by atoms with Crippen molar-refractivity contribution in [1.82, 2.24) is 24.9 Å². The number of rotatable bonds is 4. The number of nitrogens with zero attached hydrogens (tertiary/aromatic N) is 4. The minimum Gasteiger partial charge on any atom is -0.347 e. The molecule has 0 aliphatic heterocycles. The fourth-order valence-electron chi connectivity index (χ4n) is 2.98. The molecule has 0 spiro atoms. The Morgan fingerprint density at radius 2 is 1.81 bits per heavy atom. The summed E-state index contributed by atoms with van der Waals surface area (Å²) in [7, 11) is 0. The van der Waals surface area contributed by atoms with Crippen LogP contribution >= 0.6 is 11.6 Å². The van der Waals surface area contributed by atoms with Crippen LogP contribution in [0.5, 0.6) is 0 Å². The molecule has 158 valence electrons. The standard InChI is InChI=1S/C22H20ClFN6O/c1-22(2,3)29-20(31)13-7-9-14(10-8-13)26-21-28-19(27-17-11-12-25-30(17)21)18-15(23)5-4-6-16(18)24/h4-12H,1-3H3,(H,29,31)(H,26,27,28). The molecule has 0 saturated heterocycles. The number of amides is 1. The maximum absolute atomic E-state index is 14.4. The summed E-state index contributed by atoms with van der Waals surface area (Å²) >= 11 is 6.19. The number of nitrogens with one attached hydrogen (secondary N) is 2. The van der Waals surface area contributed by atoms with Gasteiger partial charge < -0.3 is 10.6 Å². The summed E-state index contributed by atoms with van der Waals surface area (Å²) in [4.78, 5) is 21.1. The number of halogens is 2. The van der Waals surface area contributed by atoms with Crippen LogP contribution in [-0.4, -0.2) is 31.0 Å². The SMILES string of the molecule is CC(C)(C)NC(=O)c1ccc(Nc2nc(-c3c(F)cccc3Cl)nc3ccnn23)cc1. The van der Waals surface area contributed by atoms with Gasteiger partial charge in [0.15, 0.2) is 11.5 Å². The Hall–Kier alpha value is -3.52. The zero-order valence-electron chi connectivity index (χ0n) is 17.1. The first-order chi connectivity index (χ1) is 14.7. The van der Waals surface area contributed by atoms with Crippen LogP contribution in [0.2, 0.25) is 5.02 Å². The van der Waals surface area contributed by atoms with E-state index in [1.54, 1.807) is 42.6 Å². The van der Waals surface area contributed by atoms with Crippen LogP contribution in [0.3, 0.4) is 0 Å². The predicted molar refractivity (Wildman–Crippen MR) is 118 cm³/mol. The second kappa shape index (κ2) is 7.96. The fraction of sp³-hybridized carbons (Fsp3) is 0.182. The molecule has 0 atom stereocenters. The fourth-order valence-corrected chi connectivity index (χ4v) is 3.22. The first-order valence-corrected chi connectivity index (χ1v) is 9.95. The van der Waals surface area contributed by atoms with Gasteiger partial charge in [-0.25, -0.2) is 9.37 Å². The number of carbonyl (C=O) groups excluding carboxylic acids is 1. The summed E-state index contributed by atoms with van der Waals surface area (Å²) < 4.78 is 15.9. The first kappa shape index (κ1) is 20.7. The summed E-state index contributed by atoms with van der Waals surface area (Å²) in [5, 5.41) is 10.5. The molecule has 2 aromatic carbocycles. The molecular weight excluding hydrogens is 419 g/mol. The molecule has 2 heterocycles. The zero-order chi connectivity index (χ0) is 22.2. The number of hydrogen-bond acceptors (Lipinski definition) is 5. The Balaban J connectivity index is 1.67. The molecule has 1 amide bonds. The largest absolute Gasteiger partial charge is 0.347 e. The van der Waals surface area contributed by atoms with Crippen LogP contribution < -0.4 is 10.6 Å². The van der Waals surface area contributed by atoms with E-state index in [9.17, 15) is 9.18 Å². The van der Waals surface area contributed by atoms with E-state index in [0.29, 0.717) is 22.8 Å². The van der Waals surface area contributed by atoms with Gasteiger partial charge in [-0.05, 0) is 57.2 Å². The number of aromatic nitrogens is 4. The lowest BCUT2D eigenvalue weighted by atomic mass is 10.1. The average Bonchev–Trinajstić information content (AvgIpc) is 3.16. The topological polar surface area (TPSA) is 84.2 Å². The lowest BCUT2D eigenvalue weighted by molar-refractivity contribution is 0.0919. The monoisotopic (exact) mass is 438 g/mol. The van der Waals surface area contributed by atoms with Crippen molar-refractivity contribution < 1.29 is 9.18 Å². The summed E-state index contributed by atoms with van der Waals surface area (Å²) in [6.45, 7) is 5.76. The van der Waals surface area contributed by atoms with E-state index >= 15 is 0 Å². The molecule has 9 heteroatoms. The lowest BCUT2D eigenvalue weighted by Crippen LogP contribution is -2.40. The Bertz CT molecular complexity index is 1240. The van der Waals surface area contributed by atoms with Gasteiger partial charge in [0.2, 0.25) is 5.95 Å². The molecule has 4 rings (SSSR count). The van der Waals surface area contributed by atoms with Gasteiger partial charge in [0, 0.05) is 22.9 Å². The van der Waals surface area contributed by atoms with Crippen molar-refractivity contribution in [1.29, 1.82) is 0 Å². The summed E-state index contributed by atoms with van der Waals surface area (Å²) in [5.74, 6) is -0.209. The van der Waals surface area contributed by atoms with E-state index in [1.807, 2.05) is 20.8 Å². The minimum atomic E-state index is -0.517. The number of hydrogen-bond donors (Lipinski definition) is 2. The van der Waals surface area contributed by atoms with Crippen molar-refractivity contribution in [3.8, 4) is 11.4 Å². The van der Waals surface area contributed by atoms with Gasteiger partial charge in [-0.2, -0.15) is 14.6 Å². The van der Waals surface area contributed by atoms with Crippen molar-refractivity contribution in [2.45, 2.75) is 26.3 Å². The maximum Gasteiger partial charge on any atom is 0.251 e. The van der Waals surface area contributed by atoms with E-state index in [2.05, 4.69) is 25.7 Å². The van der Waals surface area contributed by atoms with Gasteiger partial charge in [-0.15, -0.1) is 0 Å². The van der Waals surface area contributed by atoms with Gasteiger partial charge in [-0.1, -0.05) is 17.7 Å². The van der Waals surface area contributed by atoms with Crippen molar-refractivity contribution in [2.24, 2.45) is 0 Å². The van der Waals surface area contributed by atoms with Crippen LogP contribution in [-0.2, 0) is 0 Å². The van der Waals surface area contributed by atoms with Crippen molar-refractivity contribution in [3.05, 3.63) is 71.1 Å². The van der Waals surface area contributed by atoms with Crippen LogP contribution in [0.1, 0.15) is 31.1 Å². The van der Waals surface area contributed by atoms with Crippen LogP contribution in [0, 0.1) is 5.82 Å². The highest BCUT2D eigenvalue weighted by Gasteiger charge is 2.17. The molecule has 4 aromatic rings. The number of carbonyl (C=O) groups is 1. The quantitative estimate of drug-likeness (QED) is 0.475. The Morgan fingerprint density at radius 1 is 1.06 bits per heavy atom. The maximum atomic E-state index is 14.4. The predicted octanol–water partition coefficient (Wildman–Crippen LogP) is 4.86. The second-order valence-corrected chi connectivity index (χ2v) is 8.38. The van der Waals surface area contributed by atoms with E-state index < -0.39 is 5.82 Å². The molecule has 7 nitrogen and oxygen atoms in total. The normalized spacial score (nSPS) is 11.5. The smallest absolute Gasteiger partial charge is 0.251 e. The number of benzene rings is 2. The first-order valence-electron chi connectivity index (χ1n) is 9.57. The average molecular weight is 439 g/mol. The molecule has 0 fully saturated rings. The van der Waals surface area contributed by atoms with Crippen LogP contribution in [0.4, 0.5) is 16.0 Å². The summed E-state index contributed by atoms with van der Waals surface area (Å²) in [5.41, 5.74) is 1.48. The molecule has 0 saturated carbocycles. The van der Waals surface area contributed by atoms with E-state index in [4.69, 9.17) is 11.6 Å². The van der Waals surface area contributed by atoms with E-state index in [0.717, 1.165) is 0 Å². The molecule has 0 aliphatic rings. The van der Waals surface area contributed by atoms with E-state index in [-0.39, 0.29) is 27.9 Å². The summed E-state index contributed by atoms with van der Waals surface area (Å²) in [6, 6.07) is 13.0. The third-order valence-electron chi connectivity index (χ3n) is 4.33. The Labute approximate surface area is 183 Å². The molecular formula is C22H20ClFN6O. The molecule has 0 radical (unpaired) electrons. The van der Waals surface area contributed by atoms with Crippen LogP contribution in [0.15, 0.2) is 54.7 Å². The second-order valence-electron chi connectivity index (χ2n) is 7.98. The van der Waals surface area contributed by atoms with Gasteiger partial charge in [-0.3, -0.25) is 4.79 Å². The Morgan fingerprint density at radius 3 is 2.48 bits per heavy atom. The van der Waals surface area contributed by atoms with Gasteiger partial charge in [0.05, 0.1) is 16.8 Å². The molecule has 0 aliphatic carbocycles. The highest BCUT2D eigenvalue weighted by atomic mass is 35.5. The highest BCUT2D eigenvalue weighted by Crippen LogP contribution is 2.29. The van der Waals surface area contributed by atoms with Crippen LogP contribution in [0.25, 0.3) is 17.0 Å². The van der Waals surface area contributed by atoms with Gasteiger partial charge in [0.25, 0.3) is 5.91 Å². The lowest BCUT2D eigenvalue weighted by Gasteiger charge is -2.20. The van der Waals surface area contributed by atoms with Crippen molar-refractivity contribution >= 4 is 34.8 Å². The third kappa shape index (κ3) is 4.49. The van der Waals surface area contributed by atoms with E-state index in [1.165, 1.54) is 16.6 Å². The molecule has 0 bridgehead atoms. The zero-order valence-corrected chi connectivity index (χ0v) is 17.9. The molecule has 0 unspecified atom stereocenters. The summed E-state index contributed by atoms with van der Waals surface area (Å²) in [6.07, 6.45) is 1.57. The van der Waals surface area contributed by atoms with Crippen molar-refractivity contribution in [3.63, 3.8) is 0 Å². The number of anilines is 2. The third-order valence-corrected chi connectivity index (χ3v) is 4.65. The van der Waals surface area contributed by atoms with Gasteiger partial charge >= 0.3 is 0 Å².